The van der Waals surface area contributed by atoms with Gasteiger partial charge in [0.05, 0.1) is 18.5 Å². The van der Waals surface area contributed by atoms with Gasteiger partial charge in [0.2, 0.25) is 0 Å². The number of unbranched alkanes of at least 4 members (excludes halogenated alkanes) is 2. The zero-order valence-corrected chi connectivity index (χ0v) is 19.3. The number of anilines is 2. The maximum atomic E-state index is 5.85. The summed E-state index contributed by atoms with van der Waals surface area (Å²) >= 11 is 1.82. The highest BCUT2D eigenvalue weighted by Gasteiger charge is 2.21. The first-order valence-electron chi connectivity index (χ1n) is 11.1. The van der Waals surface area contributed by atoms with Crippen LogP contribution in [-0.4, -0.2) is 54.9 Å². The second-order valence-corrected chi connectivity index (χ2v) is 8.29. The van der Waals surface area contributed by atoms with Crippen molar-refractivity contribution < 1.29 is 9.57 Å². The van der Waals surface area contributed by atoms with E-state index in [0.29, 0.717) is 6.61 Å². The molecule has 0 bridgehead atoms. The van der Waals surface area contributed by atoms with Gasteiger partial charge in [-0.3, -0.25) is 0 Å². The SMILES string of the molecule is CCNc1cc(N2CCN(CCCCCOc3ccc(/C=N/OCC)cc3)S2)ccn1. The number of rotatable bonds is 13. The van der Waals surface area contributed by atoms with Crippen molar-refractivity contribution in [2.75, 3.05) is 49.0 Å². The molecule has 2 heterocycles. The summed E-state index contributed by atoms with van der Waals surface area (Å²) in [5.74, 6) is 1.83. The third-order valence-corrected chi connectivity index (χ3v) is 5.95. The van der Waals surface area contributed by atoms with Crippen molar-refractivity contribution in [2.24, 2.45) is 5.16 Å². The number of nitrogens with zero attached hydrogens (tertiary/aromatic N) is 4. The molecular weight excluding hydrogens is 410 g/mol. The zero-order chi connectivity index (χ0) is 21.7. The van der Waals surface area contributed by atoms with Crippen LogP contribution in [0.25, 0.3) is 0 Å². The number of benzene rings is 1. The third kappa shape index (κ3) is 7.95. The Morgan fingerprint density at radius 3 is 2.81 bits per heavy atom. The van der Waals surface area contributed by atoms with E-state index in [1.807, 2.05) is 49.5 Å². The first-order valence-corrected chi connectivity index (χ1v) is 11.8. The number of hydrogen-bond acceptors (Lipinski definition) is 8. The predicted octanol–water partition coefficient (Wildman–Crippen LogP) is 4.82. The van der Waals surface area contributed by atoms with Crippen LogP contribution >= 0.6 is 12.1 Å². The minimum atomic E-state index is 0.578. The molecule has 2 aromatic rings. The number of pyridine rings is 1. The number of hydrogen-bond donors (Lipinski definition) is 1. The lowest BCUT2D eigenvalue weighted by Gasteiger charge is -2.18. The molecule has 1 aromatic carbocycles. The van der Waals surface area contributed by atoms with Crippen LogP contribution in [0.4, 0.5) is 11.5 Å². The molecule has 31 heavy (non-hydrogen) atoms. The minimum Gasteiger partial charge on any atom is -0.494 e. The quantitative estimate of drug-likeness (QED) is 0.206. The monoisotopic (exact) mass is 443 g/mol. The van der Waals surface area contributed by atoms with Crippen LogP contribution in [0.1, 0.15) is 38.7 Å². The van der Waals surface area contributed by atoms with Crippen LogP contribution in [0.15, 0.2) is 47.8 Å². The highest BCUT2D eigenvalue weighted by atomic mass is 32.2. The van der Waals surface area contributed by atoms with Gasteiger partial charge in [0.15, 0.2) is 0 Å². The second-order valence-electron chi connectivity index (χ2n) is 7.17. The van der Waals surface area contributed by atoms with Crippen molar-refractivity contribution in [3.8, 4) is 5.75 Å². The summed E-state index contributed by atoms with van der Waals surface area (Å²) in [4.78, 5) is 9.33. The highest BCUT2D eigenvalue weighted by molar-refractivity contribution is 7.98. The van der Waals surface area contributed by atoms with E-state index in [1.165, 1.54) is 12.1 Å². The average molecular weight is 444 g/mol. The highest BCUT2D eigenvalue weighted by Crippen LogP contribution is 2.31. The van der Waals surface area contributed by atoms with Gasteiger partial charge in [0, 0.05) is 50.6 Å². The summed E-state index contributed by atoms with van der Waals surface area (Å²) in [6.07, 6.45) is 6.98. The Bertz CT molecular complexity index is 803. The fourth-order valence-corrected chi connectivity index (χ4v) is 4.21. The summed E-state index contributed by atoms with van der Waals surface area (Å²) in [6, 6.07) is 12.1. The average Bonchev–Trinajstić information content (AvgIpc) is 3.27. The molecule has 0 atom stereocenters. The van der Waals surface area contributed by atoms with Crippen LogP contribution in [0.3, 0.4) is 0 Å². The molecule has 0 amide bonds. The second kappa shape index (κ2) is 13.1. The van der Waals surface area contributed by atoms with Gasteiger partial charge in [-0.15, -0.1) is 0 Å². The van der Waals surface area contributed by atoms with E-state index in [4.69, 9.17) is 9.57 Å². The lowest BCUT2D eigenvalue weighted by molar-refractivity contribution is 0.160. The molecule has 1 N–H and O–H groups in total. The van der Waals surface area contributed by atoms with Crippen molar-refractivity contribution in [3.05, 3.63) is 48.2 Å². The molecule has 0 unspecified atom stereocenters. The molecule has 0 aliphatic carbocycles. The molecule has 8 heteroatoms. The van der Waals surface area contributed by atoms with Crippen molar-refractivity contribution in [1.29, 1.82) is 0 Å². The minimum absolute atomic E-state index is 0.578. The largest absolute Gasteiger partial charge is 0.494 e. The summed E-state index contributed by atoms with van der Waals surface area (Å²) in [5.41, 5.74) is 2.21. The molecule has 7 nitrogen and oxygen atoms in total. The zero-order valence-electron chi connectivity index (χ0n) is 18.5. The fourth-order valence-electron chi connectivity index (χ4n) is 3.18. The van der Waals surface area contributed by atoms with Gasteiger partial charge < -0.3 is 19.2 Å². The summed E-state index contributed by atoms with van der Waals surface area (Å²) < 4.78 is 10.6. The number of aromatic nitrogens is 1. The molecule has 168 valence electrons. The Morgan fingerprint density at radius 1 is 1.13 bits per heavy atom. The first-order chi connectivity index (χ1) is 15.3. The molecule has 0 radical (unpaired) electrons. The predicted molar refractivity (Wildman–Crippen MR) is 130 cm³/mol. The third-order valence-electron chi connectivity index (χ3n) is 4.76. The van der Waals surface area contributed by atoms with E-state index in [0.717, 1.165) is 62.8 Å². The molecule has 0 saturated carbocycles. The maximum absolute atomic E-state index is 5.85. The standard InChI is InChI=1S/C23H33N5O2S/c1-3-24-23-18-21(12-13-25-23)28-16-15-27(31-28)14-6-5-7-17-29-22-10-8-20(9-11-22)19-26-30-4-2/h8-13,18-19H,3-7,14-17H2,1-2H3,(H,24,25)/b26-19+. The molecule has 1 aliphatic heterocycles. The Balaban J connectivity index is 1.28. The molecule has 1 saturated heterocycles. The Kier molecular flexibility index (Phi) is 9.79. The number of nitrogens with one attached hydrogen (secondary N) is 1. The van der Waals surface area contributed by atoms with E-state index >= 15 is 0 Å². The summed E-state index contributed by atoms with van der Waals surface area (Å²) in [7, 11) is 0. The maximum Gasteiger partial charge on any atom is 0.127 e. The normalized spacial score (nSPS) is 14.3. The van der Waals surface area contributed by atoms with E-state index < -0.39 is 0 Å². The van der Waals surface area contributed by atoms with Crippen LogP contribution in [0.5, 0.6) is 5.75 Å². The molecule has 1 aliphatic rings. The van der Waals surface area contributed by atoms with Crippen LogP contribution in [-0.2, 0) is 4.84 Å². The van der Waals surface area contributed by atoms with Gasteiger partial charge in [-0.05, 0) is 69.0 Å². The van der Waals surface area contributed by atoms with Crippen molar-refractivity contribution >= 4 is 29.9 Å². The molecular formula is C23H33N5O2S. The van der Waals surface area contributed by atoms with E-state index in [1.54, 1.807) is 6.21 Å². The van der Waals surface area contributed by atoms with Crippen LogP contribution < -0.4 is 14.4 Å². The Hall–Kier alpha value is -2.45. The van der Waals surface area contributed by atoms with Crippen LogP contribution in [0.2, 0.25) is 0 Å². The molecule has 0 spiro atoms. The Labute approximate surface area is 190 Å². The van der Waals surface area contributed by atoms with E-state index in [9.17, 15) is 0 Å². The topological polar surface area (TPSA) is 62.2 Å². The first kappa shape index (κ1) is 23.2. The lowest BCUT2D eigenvalue weighted by atomic mass is 10.2. The summed E-state index contributed by atoms with van der Waals surface area (Å²) in [6.45, 7) is 9.42. The van der Waals surface area contributed by atoms with Crippen molar-refractivity contribution in [2.45, 2.75) is 33.1 Å². The Morgan fingerprint density at radius 2 is 2.00 bits per heavy atom. The van der Waals surface area contributed by atoms with Gasteiger partial charge in [-0.2, -0.15) is 0 Å². The van der Waals surface area contributed by atoms with Crippen molar-refractivity contribution in [1.82, 2.24) is 9.29 Å². The molecule has 1 fully saturated rings. The van der Waals surface area contributed by atoms with Crippen molar-refractivity contribution in [3.63, 3.8) is 0 Å². The van der Waals surface area contributed by atoms with Gasteiger partial charge in [0.1, 0.15) is 18.2 Å². The fraction of sp³-hybridized carbons (Fsp3) is 0.478. The van der Waals surface area contributed by atoms with Gasteiger partial charge in [-0.1, -0.05) is 5.16 Å². The molecule has 3 rings (SSSR count). The van der Waals surface area contributed by atoms with Gasteiger partial charge in [-0.25, -0.2) is 9.29 Å². The van der Waals surface area contributed by atoms with E-state index in [2.05, 4.69) is 43.1 Å². The van der Waals surface area contributed by atoms with Gasteiger partial charge in [0.25, 0.3) is 0 Å². The number of oxime groups is 1. The summed E-state index contributed by atoms with van der Waals surface area (Å²) in [5, 5.41) is 7.15. The molecule has 1 aromatic heterocycles. The van der Waals surface area contributed by atoms with E-state index in [-0.39, 0.29) is 0 Å². The smallest absolute Gasteiger partial charge is 0.127 e. The lowest BCUT2D eigenvalue weighted by Crippen LogP contribution is -2.14. The van der Waals surface area contributed by atoms with Crippen LogP contribution in [0, 0.1) is 0 Å². The van der Waals surface area contributed by atoms with Gasteiger partial charge >= 0.3 is 0 Å². The number of ether oxygens (including phenoxy) is 1.